The maximum absolute atomic E-state index is 11.4. The lowest BCUT2D eigenvalue weighted by molar-refractivity contribution is 0.427. The number of hydrogen-bond donors (Lipinski definition) is 0. The summed E-state index contributed by atoms with van der Waals surface area (Å²) in [5, 5.41) is 0. The summed E-state index contributed by atoms with van der Waals surface area (Å²) in [5.41, 5.74) is 1.18. The van der Waals surface area contributed by atoms with E-state index in [0.717, 1.165) is 6.04 Å². The first-order chi connectivity index (χ1) is 5.08. The van der Waals surface area contributed by atoms with Crippen molar-refractivity contribution in [3.8, 4) is 0 Å². The summed E-state index contributed by atoms with van der Waals surface area (Å²) in [7, 11) is -2.15. The fraction of sp³-hybridized carbons (Fsp3) is 0.333. The Morgan fingerprint density at radius 1 is 1.18 bits per heavy atom. The molecule has 2 heteroatoms. The second kappa shape index (κ2) is 3.20. The highest BCUT2D eigenvalue weighted by Gasteiger charge is 2.19. The second-order valence-corrected chi connectivity index (χ2v) is 7.30. The summed E-state index contributed by atoms with van der Waals surface area (Å²) < 4.78 is 0. The minimum Gasteiger partial charge on any atom is -0.298 e. The topological polar surface area (TPSA) is 19.9 Å². The van der Waals surface area contributed by atoms with Crippen molar-refractivity contribution >= 4 is 8.32 Å². The van der Waals surface area contributed by atoms with E-state index in [1.807, 2.05) is 43.4 Å². The molecule has 0 saturated carbocycles. The monoisotopic (exact) mass is 165 g/mol. The average Bonchev–Trinajstić information content (AvgIpc) is 1.85. The van der Waals surface area contributed by atoms with Gasteiger partial charge in [0.15, 0.2) is 0 Å². The lowest BCUT2D eigenvalue weighted by Gasteiger charge is -2.09. The van der Waals surface area contributed by atoms with Gasteiger partial charge >= 0.3 is 0 Å². The van der Waals surface area contributed by atoms with E-state index in [9.17, 15) is 4.80 Å². The van der Waals surface area contributed by atoms with Crippen LogP contribution < -0.4 is 0 Å². The Morgan fingerprint density at radius 2 is 1.73 bits per heavy atom. The summed E-state index contributed by atoms with van der Waals surface area (Å²) in [6.07, 6.45) is 0. The predicted molar refractivity (Wildman–Crippen MR) is 48.3 cm³/mol. The van der Waals surface area contributed by atoms with Gasteiger partial charge in [-0.15, -0.1) is 0 Å². The molecule has 59 valence electrons. The van der Waals surface area contributed by atoms with Crippen LogP contribution in [0.4, 0.5) is 0 Å². The highest BCUT2D eigenvalue weighted by Crippen LogP contribution is 2.08. The standard InChI is InChI=1S/C9H13OSi/c1-11(2,10)8-9-6-4-3-5-7-9/h3-7H,8H2,1-2H3. The minimum atomic E-state index is -2.15. The Bertz CT molecular complexity index is 213. The van der Waals surface area contributed by atoms with E-state index >= 15 is 0 Å². The Kier molecular flexibility index (Phi) is 2.47. The summed E-state index contributed by atoms with van der Waals surface area (Å²) in [5.74, 6) is 0. The van der Waals surface area contributed by atoms with E-state index in [1.54, 1.807) is 0 Å². The van der Waals surface area contributed by atoms with Gasteiger partial charge in [-0.25, -0.2) is 0 Å². The Balaban J connectivity index is 2.66. The highest BCUT2D eigenvalue weighted by atomic mass is 28.4. The van der Waals surface area contributed by atoms with E-state index < -0.39 is 8.32 Å². The van der Waals surface area contributed by atoms with Crippen LogP contribution in [-0.4, -0.2) is 8.32 Å². The summed E-state index contributed by atoms with van der Waals surface area (Å²) >= 11 is 0. The van der Waals surface area contributed by atoms with E-state index in [0.29, 0.717) is 0 Å². The Hall–Kier alpha value is -0.603. The van der Waals surface area contributed by atoms with E-state index in [4.69, 9.17) is 0 Å². The fourth-order valence-electron chi connectivity index (χ4n) is 1.09. The predicted octanol–water partition coefficient (Wildman–Crippen LogP) is 2.40. The van der Waals surface area contributed by atoms with Crippen molar-refractivity contribution < 1.29 is 4.80 Å². The van der Waals surface area contributed by atoms with Gasteiger partial charge in [-0.05, 0) is 24.7 Å². The Labute approximate surface area is 68.8 Å². The molecule has 1 aromatic carbocycles. The van der Waals surface area contributed by atoms with E-state index in [2.05, 4.69) is 0 Å². The molecule has 11 heavy (non-hydrogen) atoms. The van der Waals surface area contributed by atoms with Crippen LogP contribution in [0.25, 0.3) is 0 Å². The Morgan fingerprint density at radius 3 is 2.18 bits per heavy atom. The zero-order valence-electron chi connectivity index (χ0n) is 7.00. The van der Waals surface area contributed by atoms with Gasteiger partial charge in [0, 0.05) is 0 Å². The molecule has 1 nitrogen and oxygen atoms in total. The molecule has 0 atom stereocenters. The first-order valence-corrected chi connectivity index (χ1v) is 6.94. The molecule has 0 unspecified atom stereocenters. The van der Waals surface area contributed by atoms with Crippen molar-refractivity contribution in [1.29, 1.82) is 0 Å². The van der Waals surface area contributed by atoms with Crippen LogP contribution in [0.1, 0.15) is 5.56 Å². The van der Waals surface area contributed by atoms with Gasteiger partial charge in [-0.2, -0.15) is 0 Å². The maximum atomic E-state index is 11.4. The van der Waals surface area contributed by atoms with Crippen LogP contribution in [0, 0.1) is 0 Å². The van der Waals surface area contributed by atoms with Gasteiger partial charge in [0.2, 0.25) is 8.32 Å². The van der Waals surface area contributed by atoms with Gasteiger partial charge in [0.25, 0.3) is 0 Å². The van der Waals surface area contributed by atoms with Crippen molar-refractivity contribution in [3.05, 3.63) is 35.9 Å². The van der Waals surface area contributed by atoms with Crippen molar-refractivity contribution in [2.75, 3.05) is 0 Å². The molecule has 0 heterocycles. The first-order valence-electron chi connectivity index (χ1n) is 3.82. The van der Waals surface area contributed by atoms with Crippen LogP contribution >= 0.6 is 0 Å². The molecule has 0 N–H and O–H groups in total. The SMILES string of the molecule is C[Si](C)([O])Cc1ccccc1. The molecule has 0 aromatic heterocycles. The van der Waals surface area contributed by atoms with Gasteiger partial charge in [-0.1, -0.05) is 30.3 Å². The van der Waals surface area contributed by atoms with Crippen LogP contribution in [0.3, 0.4) is 0 Å². The van der Waals surface area contributed by atoms with Crippen molar-refractivity contribution in [2.24, 2.45) is 0 Å². The van der Waals surface area contributed by atoms with Crippen LogP contribution in [0.5, 0.6) is 0 Å². The highest BCUT2D eigenvalue weighted by molar-refractivity contribution is 6.68. The quantitative estimate of drug-likeness (QED) is 0.600. The van der Waals surface area contributed by atoms with Crippen molar-refractivity contribution in [3.63, 3.8) is 0 Å². The first kappa shape index (κ1) is 8.49. The lowest BCUT2D eigenvalue weighted by atomic mass is 10.2. The molecule has 0 saturated heterocycles. The van der Waals surface area contributed by atoms with Crippen molar-refractivity contribution in [1.82, 2.24) is 0 Å². The number of hydrogen-bond acceptors (Lipinski definition) is 0. The fourth-order valence-corrected chi connectivity index (χ4v) is 2.31. The van der Waals surface area contributed by atoms with Crippen LogP contribution in [0.15, 0.2) is 30.3 Å². The molecular formula is C9H13OSi. The normalized spacial score (nSPS) is 11.5. The summed E-state index contributed by atoms with van der Waals surface area (Å²) in [4.78, 5) is 11.4. The molecule has 0 fully saturated rings. The molecule has 0 aliphatic rings. The number of benzene rings is 1. The van der Waals surface area contributed by atoms with Gasteiger partial charge in [-0.3, -0.25) is 4.80 Å². The van der Waals surface area contributed by atoms with Crippen LogP contribution in [0.2, 0.25) is 13.1 Å². The minimum absolute atomic E-state index is 0.744. The zero-order chi connectivity index (χ0) is 8.32. The molecule has 1 rings (SSSR count). The van der Waals surface area contributed by atoms with Gasteiger partial charge in [0.1, 0.15) is 0 Å². The number of rotatable bonds is 2. The summed E-state index contributed by atoms with van der Waals surface area (Å²) in [6, 6.07) is 10.7. The van der Waals surface area contributed by atoms with Crippen LogP contribution in [-0.2, 0) is 10.8 Å². The van der Waals surface area contributed by atoms with E-state index in [-0.39, 0.29) is 0 Å². The maximum Gasteiger partial charge on any atom is 0.235 e. The molecular weight excluding hydrogens is 152 g/mol. The largest absolute Gasteiger partial charge is 0.298 e. The third kappa shape index (κ3) is 3.35. The summed E-state index contributed by atoms with van der Waals surface area (Å²) in [6.45, 7) is 3.69. The molecule has 0 aliphatic carbocycles. The molecule has 0 spiro atoms. The second-order valence-electron chi connectivity index (χ2n) is 3.42. The van der Waals surface area contributed by atoms with Gasteiger partial charge < -0.3 is 0 Å². The zero-order valence-corrected chi connectivity index (χ0v) is 8.00. The third-order valence-electron chi connectivity index (χ3n) is 1.47. The smallest absolute Gasteiger partial charge is 0.235 e. The average molecular weight is 165 g/mol. The van der Waals surface area contributed by atoms with Gasteiger partial charge in [0.05, 0.1) is 0 Å². The molecule has 0 bridgehead atoms. The molecule has 0 aliphatic heterocycles. The molecule has 1 radical (unpaired) electrons. The molecule has 1 aromatic rings. The lowest BCUT2D eigenvalue weighted by Crippen LogP contribution is -2.26. The molecule has 0 amide bonds. The van der Waals surface area contributed by atoms with E-state index in [1.165, 1.54) is 5.56 Å². The third-order valence-corrected chi connectivity index (χ3v) is 2.73. The van der Waals surface area contributed by atoms with Crippen molar-refractivity contribution in [2.45, 2.75) is 19.1 Å².